The molecule has 0 aliphatic carbocycles. The second kappa shape index (κ2) is 6.64. The first-order valence-corrected chi connectivity index (χ1v) is 7.14. The predicted molar refractivity (Wildman–Crippen MR) is 85.9 cm³/mol. The van der Waals surface area contributed by atoms with Gasteiger partial charge in [0, 0.05) is 6.04 Å². The van der Waals surface area contributed by atoms with Crippen molar-refractivity contribution in [1.82, 2.24) is 0 Å². The SMILES string of the molecule is COc1cc(C)ccc1OC(c1cccc(C)c1)C(C)N. The Labute approximate surface area is 126 Å². The van der Waals surface area contributed by atoms with E-state index in [0.717, 1.165) is 16.9 Å². The van der Waals surface area contributed by atoms with Crippen molar-refractivity contribution in [3.8, 4) is 11.5 Å². The maximum atomic E-state index is 6.14. The summed E-state index contributed by atoms with van der Waals surface area (Å²) in [5.74, 6) is 1.44. The molecular formula is C18H23NO2. The number of hydrogen-bond donors (Lipinski definition) is 1. The van der Waals surface area contributed by atoms with E-state index in [9.17, 15) is 0 Å². The summed E-state index contributed by atoms with van der Waals surface area (Å²) in [4.78, 5) is 0. The van der Waals surface area contributed by atoms with Crippen LogP contribution in [-0.2, 0) is 0 Å². The molecule has 112 valence electrons. The normalized spacial score (nSPS) is 13.6. The molecule has 2 N–H and O–H groups in total. The minimum Gasteiger partial charge on any atom is -0.493 e. The van der Waals surface area contributed by atoms with Crippen LogP contribution in [0.25, 0.3) is 0 Å². The van der Waals surface area contributed by atoms with Crippen molar-refractivity contribution >= 4 is 0 Å². The molecule has 0 saturated carbocycles. The third kappa shape index (κ3) is 3.76. The first kappa shape index (κ1) is 15.4. The molecule has 0 amide bonds. The fraction of sp³-hybridized carbons (Fsp3) is 0.333. The summed E-state index contributed by atoms with van der Waals surface area (Å²) in [7, 11) is 1.65. The molecule has 2 aromatic carbocycles. The number of ether oxygens (including phenoxy) is 2. The van der Waals surface area contributed by atoms with Gasteiger partial charge in [0.1, 0.15) is 6.10 Å². The van der Waals surface area contributed by atoms with Crippen LogP contribution in [0.1, 0.15) is 29.7 Å². The third-order valence-corrected chi connectivity index (χ3v) is 3.42. The van der Waals surface area contributed by atoms with E-state index < -0.39 is 0 Å². The van der Waals surface area contributed by atoms with Gasteiger partial charge in [-0.15, -0.1) is 0 Å². The quantitative estimate of drug-likeness (QED) is 0.909. The second-order valence-corrected chi connectivity index (χ2v) is 5.47. The molecule has 0 heterocycles. The highest BCUT2D eigenvalue weighted by Gasteiger charge is 2.20. The fourth-order valence-corrected chi connectivity index (χ4v) is 2.33. The molecule has 0 radical (unpaired) electrons. The molecular weight excluding hydrogens is 262 g/mol. The van der Waals surface area contributed by atoms with Gasteiger partial charge in [0.2, 0.25) is 0 Å². The van der Waals surface area contributed by atoms with Crippen LogP contribution in [0.2, 0.25) is 0 Å². The monoisotopic (exact) mass is 285 g/mol. The van der Waals surface area contributed by atoms with E-state index in [2.05, 4.69) is 19.1 Å². The fourth-order valence-electron chi connectivity index (χ4n) is 2.33. The van der Waals surface area contributed by atoms with Gasteiger partial charge in [-0.1, -0.05) is 35.9 Å². The lowest BCUT2D eigenvalue weighted by Gasteiger charge is -2.24. The van der Waals surface area contributed by atoms with Gasteiger partial charge in [0.05, 0.1) is 7.11 Å². The van der Waals surface area contributed by atoms with Crippen molar-refractivity contribution < 1.29 is 9.47 Å². The summed E-state index contributed by atoms with van der Waals surface area (Å²) in [6, 6.07) is 14.0. The lowest BCUT2D eigenvalue weighted by atomic mass is 10.0. The lowest BCUT2D eigenvalue weighted by Crippen LogP contribution is -2.29. The van der Waals surface area contributed by atoms with E-state index in [-0.39, 0.29) is 12.1 Å². The highest BCUT2D eigenvalue weighted by molar-refractivity contribution is 5.43. The largest absolute Gasteiger partial charge is 0.493 e. The molecule has 0 bridgehead atoms. The first-order valence-electron chi connectivity index (χ1n) is 7.14. The average molecular weight is 285 g/mol. The summed E-state index contributed by atoms with van der Waals surface area (Å²) in [5.41, 5.74) is 9.52. The average Bonchev–Trinajstić information content (AvgIpc) is 2.45. The zero-order valence-corrected chi connectivity index (χ0v) is 13.1. The summed E-state index contributed by atoms with van der Waals surface area (Å²) >= 11 is 0. The Morgan fingerprint density at radius 3 is 2.29 bits per heavy atom. The van der Waals surface area contributed by atoms with E-state index >= 15 is 0 Å². The maximum absolute atomic E-state index is 6.14. The van der Waals surface area contributed by atoms with Crippen molar-refractivity contribution in [3.05, 3.63) is 59.2 Å². The van der Waals surface area contributed by atoms with Crippen LogP contribution in [-0.4, -0.2) is 13.2 Å². The molecule has 3 heteroatoms. The van der Waals surface area contributed by atoms with Gasteiger partial charge in [-0.05, 0) is 44.0 Å². The van der Waals surface area contributed by atoms with E-state index in [1.165, 1.54) is 5.56 Å². The Morgan fingerprint density at radius 1 is 0.952 bits per heavy atom. The summed E-state index contributed by atoms with van der Waals surface area (Å²) in [5, 5.41) is 0. The molecule has 0 spiro atoms. The Balaban J connectivity index is 2.33. The molecule has 2 aromatic rings. The Kier molecular flexibility index (Phi) is 4.86. The van der Waals surface area contributed by atoms with Crippen LogP contribution in [0.15, 0.2) is 42.5 Å². The van der Waals surface area contributed by atoms with E-state index in [1.54, 1.807) is 7.11 Å². The molecule has 0 aliphatic heterocycles. The van der Waals surface area contributed by atoms with Gasteiger partial charge in [-0.2, -0.15) is 0 Å². The molecule has 3 nitrogen and oxygen atoms in total. The first-order chi connectivity index (χ1) is 10.0. The van der Waals surface area contributed by atoms with Gasteiger partial charge in [-0.25, -0.2) is 0 Å². The second-order valence-electron chi connectivity index (χ2n) is 5.47. The standard InChI is InChI=1S/C18H23NO2/c1-12-6-5-7-15(10-12)18(14(3)19)21-16-9-8-13(2)11-17(16)20-4/h5-11,14,18H,19H2,1-4H3. The third-order valence-electron chi connectivity index (χ3n) is 3.42. The van der Waals surface area contributed by atoms with Crippen molar-refractivity contribution in [2.45, 2.75) is 32.9 Å². The highest BCUT2D eigenvalue weighted by atomic mass is 16.5. The van der Waals surface area contributed by atoms with Gasteiger partial charge in [-0.3, -0.25) is 0 Å². The molecule has 2 atom stereocenters. The van der Waals surface area contributed by atoms with E-state index in [0.29, 0.717) is 5.75 Å². The molecule has 0 aromatic heterocycles. The molecule has 2 unspecified atom stereocenters. The highest BCUT2D eigenvalue weighted by Crippen LogP contribution is 2.33. The van der Waals surface area contributed by atoms with Crippen LogP contribution in [0.3, 0.4) is 0 Å². The van der Waals surface area contributed by atoms with Crippen molar-refractivity contribution in [3.63, 3.8) is 0 Å². The number of aryl methyl sites for hydroxylation is 2. The Hall–Kier alpha value is -2.00. The van der Waals surface area contributed by atoms with Gasteiger partial charge >= 0.3 is 0 Å². The van der Waals surface area contributed by atoms with Crippen LogP contribution in [0, 0.1) is 13.8 Å². The van der Waals surface area contributed by atoms with Crippen LogP contribution >= 0.6 is 0 Å². The van der Waals surface area contributed by atoms with Gasteiger partial charge < -0.3 is 15.2 Å². The summed E-state index contributed by atoms with van der Waals surface area (Å²) < 4.78 is 11.5. The number of methoxy groups -OCH3 is 1. The Morgan fingerprint density at radius 2 is 1.67 bits per heavy atom. The van der Waals surface area contributed by atoms with Crippen LogP contribution in [0.5, 0.6) is 11.5 Å². The molecule has 0 aliphatic rings. The van der Waals surface area contributed by atoms with Crippen LogP contribution < -0.4 is 15.2 Å². The van der Waals surface area contributed by atoms with Crippen LogP contribution in [0.4, 0.5) is 0 Å². The van der Waals surface area contributed by atoms with Crippen molar-refractivity contribution in [2.75, 3.05) is 7.11 Å². The van der Waals surface area contributed by atoms with Gasteiger partial charge in [0.15, 0.2) is 11.5 Å². The smallest absolute Gasteiger partial charge is 0.162 e. The van der Waals surface area contributed by atoms with Crippen molar-refractivity contribution in [2.24, 2.45) is 5.73 Å². The molecule has 0 saturated heterocycles. The minimum absolute atomic E-state index is 0.127. The number of rotatable bonds is 5. The number of benzene rings is 2. The molecule has 2 rings (SSSR count). The van der Waals surface area contributed by atoms with Crippen molar-refractivity contribution in [1.29, 1.82) is 0 Å². The van der Waals surface area contributed by atoms with Gasteiger partial charge in [0.25, 0.3) is 0 Å². The minimum atomic E-state index is -0.207. The zero-order valence-electron chi connectivity index (χ0n) is 13.1. The number of hydrogen-bond acceptors (Lipinski definition) is 3. The maximum Gasteiger partial charge on any atom is 0.162 e. The molecule has 0 fully saturated rings. The summed E-state index contributed by atoms with van der Waals surface area (Å²) in [6.07, 6.45) is -0.207. The number of nitrogens with two attached hydrogens (primary N) is 1. The lowest BCUT2D eigenvalue weighted by molar-refractivity contribution is 0.173. The Bertz CT molecular complexity index is 608. The topological polar surface area (TPSA) is 44.5 Å². The summed E-state index contributed by atoms with van der Waals surface area (Å²) in [6.45, 7) is 6.04. The van der Waals surface area contributed by atoms with E-state index in [4.69, 9.17) is 15.2 Å². The zero-order chi connectivity index (χ0) is 15.4. The molecule has 21 heavy (non-hydrogen) atoms. The van der Waals surface area contributed by atoms with E-state index in [1.807, 2.05) is 44.2 Å². The predicted octanol–water partition coefficient (Wildman–Crippen LogP) is 3.78.